The molecular formula is C22H19ClN4O4. The number of ether oxygens (including phenoxy) is 1. The minimum atomic E-state index is -0.410. The molecule has 2 amide bonds. The molecule has 158 valence electrons. The van der Waals surface area contributed by atoms with Gasteiger partial charge in [-0.3, -0.25) is 14.3 Å². The molecule has 0 radical (unpaired) electrons. The summed E-state index contributed by atoms with van der Waals surface area (Å²) in [6, 6.07) is 12.2. The van der Waals surface area contributed by atoms with Gasteiger partial charge in [-0.05, 0) is 49.4 Å². The quantitative estimate of drug-likeness (QED) is 0.462. The molecule has 0 saturated heterocycles. The topological polar surface area (TPSA) is 98.4 Å². The number of anilines is 2. The maximum absolute atomic E-state index is 12.7. The number of benzene rings is 2. The standard InChI is InChI=1S/C22H19ClN4O4/c1-13-18-9-14(23)3-8-19(18)31-21(13)22(29)26-16-10-24-27(11-16)12-20(28)25-15-4-6-17(30-2)7-5-15/h3-11H,12H2,1-2H3,(H,25,28)(H,26,29). The van der Waals surface area contributed by atoms with E-state index < -0.39 is 5.91 Å². The van der Waals surface area contributed by atoms with Crippen LogP contribution in [-0.4, -0.2) is 28.7 Å². The summed E-state index contributed by atoms with van der Waals surface area (Å²) < 4.78 is 12.2. The number of nitrogens with one attached hydrogen (secondary N) is 2. The maximum atomic E-state index is 12.7. The first-order chi connectivity index (χ1) is 14.9. The summed E-state index contributed by atoms with van der Waals surface area (Å²) in [4.78, 5) is 24.9. The Hall–Kier alpha value is -3.78. The predicted octanol–water partition coefficient (Wildman–Crippen LogP) is 4.49. The molecule has 2 aromatic heterocycles. The average Bonchev–Trinajstić information content (AvgIpc) is 3.32. The van der Waals surface area contributed by atoms with Gasteiger partial charge in [-0.2, -0.15) is 5.10 Å². The van der Waals surface area contributed by atoms with Gasteiger partial charge in [0.05, 0.1) is 19.0 Å². The van der Waals surface area contributed by atoms with Gasteiger partial charge in [0, 0.05) is 27.9 Å². The first-order valence-electron chi connectivity index (χ1n) is 9.39. The molecule has 9 heteroatoms. The molecule has 0 aliphatic rings. The minimum absolute atomic E-state index is 0.00986. The smallest absolute Gasteiger partial charge is 0.291 e. The molecule has 31 heavy (non-hydrogen) atoms. The number of fused-ring (bicyclic) bond motifs is 1. The first-order valence-corrected chi connectivity index (χ1v) is 9.77. The molecule has 4 rings (SSSR count). The zero-order chi connectivity index (χ0) is 22.0. The lowest BCUT2D eigenvalue weighted by atomic mass is 10.1. The number of halogens is 1. The molecule has 0 aliphatic heterocycles. The van der Waals surface area contributed by atoms with Crippen molar-refractivity contribution in [3.05, 3.63) is 71.2 Å². The summed E-state index contributed by atoms with van der Waals surface area (Å²) >= 11 is 6.03. The lowest BCUT2D eigenvalue weighted by Gasteiger charge is -2.06. The fourth-order valence-electron chi connectivity index (χ4n) is 3.13. The van der Waals surface area contributed by atoms with Crippen LogP contribution >= 0.6 is 11.6 Å². The van der Waals surface area contributed by atoms with Gasteiger partial charge in [-0.25, -0.2) is 0 Å². The third-order valence-electron chi connectivity index (χ3n) is 4.67. The lowest BCUT2D eigenvalue weighted by molar-refractivity contribution is -0.116. The van der Waals surface area contributed by atoms with E-state index in [2.05, 4.69) is 15.7 Å². The molecule has 4 aromatic rings. The molecule has 8 nitrogen and oxygen atoms in total. The Morgan fingerprint density at radius 3 is 2.65 bits per heavy atom. The highest BCUT2D eigenvalue weighted by Gasteiger charge is 2.18. The van der Waals surface area contributed by atoms with Crippen LogP contribution in [0.1, 0.15) is 16.1 Å². The van der Waals surface area contributed by atoms with Gasteiger partial charge < -0.3 is 19.8 Å². The van der Waals surface area contributed by atoms with E-state index in [-0.39, 0.29) is 18.2 Å². The zero-order valence-electron chi connectivity index (χ0n) is 16.8. The zero-order valence-corrected chi connectivity index (χ0v) is 17.6. The fourth-order valence-corrected chi connectivity index (χ4v) is 3.31. The monoisotopic (exact) mass is 438 g/mol. The highest BCUT2D eigenvalue weighted by Crippen LogP contribution is 2.28. The lowest BCUT2D eigenvalue weighted by Crippen LogP contribution is -2.19. The van der Waals surface area contributed by atoms with E-state index in [1.165, 1.54) is 10.9 Å². The predicted molar refractivity (Wildman–Crippen MR) is 118 cm³/mol. The number of rotatable bonds is 6. The number of hydrogen-bond donors (Lipinski definition) is 2. The minimum Gasteiger partial charge on any atom is -0.497 e. The molecule has 2 aromatic carbocycles. The Morgan fingerprint density at radius 2 is 1.90 bits per heavy atom. The van der Waals surface area contributed by atoms with E-state index in [1.807, 2.05) is 0 Å². The van der Waals surface area contributed by atoms with Gasteiger partial charge in [0.25, 0.3) is 5.91 Å². The Kier molecular flexibility index (Phi) is 5.64. The second-order valence-corrected chi connectivity index (χ2v) is 7.29. The van der Waals surface area contributed by atoms with Crippen molar-refractivity contribution in [2.75, 3.05) is 17.7 Å². The van der Waals surface area contributed by atoms with E-state index in [0.717, 1.165) is 5.39 Å². The number of furan rings is 1. The summed E-state index contributed by atoms with van der Waals surface area (Å²) in [6.07, 6.45) is 3.04. The molecule has 0 bridgehead atoms. The number of amides is 2. The van der Waals surface area contributed by atoms with Crippen molar-refractivity contribution in [1.82, 2.24) is 9.78 Å². The van der Waals surface area contributed by atoms with Crippen molar-refractivity contribution in [2.24, 2.45) is 0 Å². The molecule has 0 aliphatic carbocycles. The normalized spacial score (nSPS) is 10.8. The van der Waals surface area contributed by atoms with E-state index in [1.54, 1.807) is 62.7 Å². The van der Waals surface area contributed by atoms with Crippen molar-refractivity contribution in [1.29, 1.82) is 0 Å². The van der Waals surface area contributed by atoms with Gasteiger partial charge in [0.15, 0.2) is 5.76 Å². The van der Waals surface area contributed by atoms with E-state index in [9.17, 15) is 9.59 Å². The fraction of sp³-hybridized carbons (Fsp3) is 0.136. The molecule has 0 saturated carbocycles. The molecule has 2 heterocycles. The van der Waals surface area contributed by atoms with Gasteiger partial charge in [0.1, 0.15) is 17.9 Å². The highest BCUT2D eigenvalue weighted by atomic mass is 35.5. The maximum Gasteiger partial charge on any atom is 0.291 e. The number of methoxy groups -OCH3 is 1. The van der Waals surface area contributed by atoms with Gasteiger partial charge >= 0.3 is 0 Å². The summed E-state index contributed by atoms with van der Waals surface area (Å²) in [5, 5.41) is 11.0. The number of carbonyl (C=O) groups excluding carboxylic acids is 2. The molecular weight excluding hydrogens is 420 g/mol. The Bertz CT molecular complexity index is 1260. The highest BCUT2D eigenvalue weighted by molar-refractivity contribution is 6.31. The molecule has 2 N–H and O–H groups in total. The van der Waals surface area contributed by atoms with Crippen molar-refractivity contribution >= 4 is 45.8 Å². The van der Waals surface area contributed by atoms with Gasteiger partial charge in [0.2, 0.25) is 5.91 Å². The second kappa shape index (κ2) is 8.53. The van der Waals surface area contributed by atoms with E-state index >= 15 is 0 Å². The van der Waals surface area contributed by atoms with Crippen LogP contribution in [0.25, 0.3) is 11.0 Å². The van der Waals surface area contributed by atoms with Crippen LogP contribution in [0, 0.1) is 6.92 Å². The van der Waals surface area contributed by atoms with Crippen molar-refractivity contribution in [3.8, 4) is 5.75 Å². The summed E-state index contributed by atoms with van der Waals surface area (Å²) in [5.41, 5.74) is 2.37. The summed E-state index contributed by atoms with van der Waals surface area (Å²) in [7, 11) is 1.58. The third-order valence-corrected chi connectivity index (χ3v) is 4.91. The van der Waals surface area contributed by atoms with Crippen LogP contribution in [0.15, 0.2) is 59.3 Å². The molecule has 0 fully saturated rings. The van der Waals surface area contributed by atoms with Gasteiger partial charge in [-0.1, -0.05) is 11.6 Å². The SMILES string of the molecule is COc1ccc(NC(=O)Cn2cc(NC(=O)c3oc4ccc(Cl)cc4c3C)cn2)cc1. The van der Waals surface area contributed by atoms with Crippen LogP contribution < -0.4 is 15.4 Å². The Labute approximate surface area is 182 Å². The van der Waals surface area contributed by atoms with Crippen LogP contribution in [0.4, 0.5) is 11.4 Å². The number of aromatic nitrogens is 2. The summed E-state index contributed by atoms with van der Waals surface area (Å²) in [5.74, 6) is 0.235. The van der Waals surface area contributed by atoms with Crippen molar-refractivity contribution < 1.29 is 18.7 Å². The van der Waals surface area contributed by atoms with Crippen LogP contribution in [0.2, 0.25) is 5.02 Å². The van der Waals surface area contributed by atoms with E-state index in [0.29, 0.717) is 33.3 Å². The first kappa shape index (κ1) is 20.5. The molecule has 0 unspecified atom stereocenters. The molecule has 0 spiro atoms. The Morgan fingerprint density at radius 1 is 1.13 bits per heavy atom. The average molecular weight is 439 g/mol. The third kappa shape index (κ3) is 4.54. The molecule has 0 atom stereocenters. The van der Waals surface area contributed by atoms with E-state index in [4.69, 9.17) is 20.8 Å². The van der Waals surface area contributed by atoms with Crippen LogP contribution in [0.3, 0.4) is 0 Å². The Balaban J connectivity index is 1.40. The van der Waals surface area contributed by atoms with Crippen LogP contribution in [0.5, 0.6) is 5.75 Å². The van der Waals surface area contributed by atoms with Crippen LogP contribution in [-0.2, 0) is 11.3 Å². The summed E-state index contributed by atoms with van der Waals surface area (Å²) in [6.45, 7) is 1.79. The second-order valence-electron chi connectivity index (χ2n) is 6.85. The number of aryl methyl sites for hydroxylation is 1. The number of nitrogens with zero attached hydrogens (tertiary/aromatic N) is 2. The number of hydrogen-bond acceptors (Lipinski definition) is 5. The van der Waals surface area contributed by atoms with Gasteiger partial charge in [-0.15, -0.1) is 0 Å². The van der Waals surface area contributed by atoms with Crippen molar-refractivity contribution in [2.45, 2.75) is 13.5 Å². The largest absolute Gasteiger partial charge is 0.497 e. The van der Waals surface area contributed by atoms with Crippen molar-refractivity contribution in [3.63, 3.8) is 0 Å². The number of carbonyl (C=O) groups is 2.